The first-order valence-electron chi connectivity index (χ1n) is 8.95. The van der Waals surface area contributed by atoms with Gasteiger partial charge < -0.3 is 10.1 Å². The van der Waals surface area contributed by atoms with Crippen molar-refractivity contribution in [2.45, 2.75) is 44.0 Å². The predicted molar refractivity (Wildman–Crippen MR) is 96.0 cm³/mol. The Morgan fingerprint density at radius 3 is 2.19 bits per heavy atom. The molecule has 144 valence electrons. The molecule has 1 aliphatic rings. The molecule has 0 spiro atoms. The Hall–Kier alpha value is -2.34. The number of benzene rings is 2. The van der Waals surface area contributed by atoms with Gasteiger partial charge in [0, 0.05) is 6.54 Å². The van der Waals surface area contributed by atoms with E-state index in [4.69, 9.17) is 0 Å². The molecule has 1 amide bonds. The zero-order valence-corrected chi connectivity index (χ0v) is 14.9. The molecule has 0 atom stereocenters. The zero-order chi connectivity index (χ0) is 19.3. The highest BCUT2D eigenvalue weighted by molar-refractivity contribution is 5.89. The summed E-state index contributed by atoms with van der Waals surface area (Å²) in [5.74, 6) is 0.0255. The number of carbonyl (C=O) groups is 1. The summed E-state index contributed by atoms with van der Waals surface area (Å²) in [6.07, 6.45) is -1.59. The Kier molecular flexibility index (Phi) is 5.85. The molecule has 2 aromatic rings. The van der Waals surface area contributed by atoms with E-state index in [9.17, 15) is 18.0 Å². The van der Waals surface area contributed by atoms with Crippen molar-refractivity contribution in [2.75, 3.05) is 6.61 Å². The monoisotopic (exact) mass is 377 g/mol. The minimum absolute atomic E-state index is 0.0255. The van der Waals surface area contributed by atoms with Gasteiger partial charge in [-0.25, -0.2) is 0 Å². The third-order valence-corrected chi connectivity index (χ3v) is 4.98. The number of hydrogen-bond acceptors (Lipinski definition) is 2. The topological polar surface area (TPSA) is 38.3 Å². The fourth-order valence-corrected chi connectivity index (χ4v) is 3.32. The normalized spacial score (nSPS) is 15.8. The Labute approximate surface area is 156 Å². The second-order valence-electron chi connectivity index (χ2n) is 6.91. The lowest BCUT2D eigenvalue weighted by Crippen LogP contribution is -2.48. The average molecular weight is 377 g/mol. The van der Waals surface area contributed by atoms with Crippen LogP contribution in [0.2, 0.25) is 0 Å². The minimum atomic E-state index is -4.32. The maximum Gasteiger partial charge on any atom is 0.411 e. The fraction of sp³-hybridized carbons (Fsp3) is 0.381. The number of halogens is 3. The van der Waals surface area contributed by atoms with Gasteiger partial charge in [0.25, 0.3) is 0 Å². The van der Waals surface area contributed by atoms with Crippen LogP contribution in [0.15, 0.2) is 54.6 Å². The van der Waals surface area contributed by atoms with E-state index in [1.165, 1.54) is 0 Å². The minimum Gasteiger partial charge on any atom is -0.367 e. The van der Waals surface area contributed by atoms with Crippen molar-refractivity contribution >= 4 is 5.91 Å². The SMILES string of the molecule is O=C(NCc1ccc(COCC(F)(F)F)cc1)C1(c2ccccc2)CCC1. The zero-order valence-electron chi connectivity index (χ0n) is 14.9. The molecule has 6 heteroatoms. The molecule has 0 aromatic heterocycles. The fourth-order valence-electron chi connectivity index (χ4n) is 3.32. The van der Waals surface area contributed by atoms with Crippen LogP contribution in [0.3, 0.4) is 0 Å². The summed E-state index contributed by atoms with van der Waals surface area (Å²) in [6.45, 7) is -0.966. The van der Waals surface area contributed by atoms with Gasteiger partial charge in [0.15, 0.2) is 0 Å². The van der Waals surface area contributed by atoms with E-state index >= 15 is 0 Å². The highest BCUT2D eigenvalue weighted by atomic mass is 19.4. The van der Waals surface area contributed by atoms with Gasteiger partial charge in [-0.1, -0.05) is 61.0 Å². The molecule has 3 rings (SSSR count). The molecular formula is C21H22F3NO2. The average Bonchev–Trinajstić information content (AvgIpc) is 2.60. The highest BCUT2D eigenvalue weighted by Gasteiger charge is 2.45. The number of alkyl halides is 3. The summed E-state index contributed by atoms with van der Waals surface area (Å²) in [4.78, 5) is 12.8. The van der Waals surface area contributed by atoms with Gasteiger partial charge in [-0.2, -0.15) is 13.2 Å². The second-order valence-corrected chi connectivity index (χ2v) is 6.91. The highest BCUT2D eigenvalue weighted by Crippen LogP contribution is 2.43. The molecule has 0 radical (unpaired) electrons. The van der Waals surface area contributed by atoms with Crippen LogP contribution in [-0.4, -0.2) is 18.7 Å². The number of ether oxygens (including phenoxy) is 1. The van der Waals surface area contributed by atoms with Crippen LogP contribution in [0.25, 0.3) is 0 Å². The molecule has 2 aromatic carbocycles. The largest absolute Gasteiger partial charge is 0.411 e. The van der Waals surface area contributed by atoms with Gasteiger partial charge >= 0.3 is 6.18 Å². The van der Waals surface area contributed by atoms with E-state index in [0.29, 0.717) is 12.1 Å². The number of amides is 1. The van der Waals surface area contributed by atoms with Gasteiger partial charge in [-0.3, -0.25) is 4.79 Å². The molecule has 1 aliphatic carbocycles. The van der Waals surface area contributed by atoms with Crippen molar-refractivity contribution in [2.24, 2.45) is 0 Å². The van der Waals surface area contributed by atoms with Gasteiger partial charge in [0.1, 0.15) is 6.61 Å². The van der Waals surface area contributed by atoms with Crippen LogP contribution in [0.1, 0.15) is 36.0 Å². The van der Waals surface area contributed by atoms with Crippen molar-refractivity contribution in [3.63, 3.8) is 0 Å². The van der Waals surface area contributed by atoms with Crippen LogP contribution < -0.4 is 5.32 Å². The van der Waals surface area contributed by atoms with Gasteiger partial charge in [0.05, 0.1) is 12.0 Å². The molecule has 0 bridgehead atoms. The molecule has 0 heterocycles. The second kappa shape index (κ2) is 8.13. The van der Waals surface area contributed by atoms with E-state index in [-0.39, 0.29) is 12.5 Å². The molecule has 1 fully saturated rings. The van der Waals surface area contributed by atoms with Crippen LogP contribution in [0.5, 0.6) is 0 Å². The molecule has 0 unspecified atom stereocenters. The first-order valence-corrected chi connectivity index (χ1v) is 8.95. The van der Waals surface area contributed by atoms with Crippen LogP contribution in [0, 0.1) is 0 Å². The van der Waals surface area contributed by atoms with Crippen molar-refractivity contribution < 1.29 is 22.7 Å². The summed E-state index contributed by atoms with van der Waals surface area (Å²) >= 11 is 0. The Morgan fingerprint density at radius 2 is 1.63 bits per heavy atom. The lowest BCUT2D eigenvalue weighted by atomic mass is 9.64. The van der Waals surface area contributed by atoms with Gasteiger partial charge in [-0.05, 0) is 29.5 Å². The predicted octanol–water partition coefficient (Wildman–Crippen LogP) is 4.50. The molecule has 1 N–H and O–H groups in total. The Bertz CT molecular complexity index is 753. The first-order chi connectivity index (χ1) is 12.9. The number of rotatable bonds is 7. The summed E-state index contributed by atoms with van der Waals surface area (Å²) in [7, 11) is 0. The van der Waals surface area contributed by atoms with Crippen LogP contribution in [0.4, 0.5) is 13.2 Å². The number of hydrogen-bond donors (Lipinski definition) is 1. The van der Waals surface area contributed by atoms with Crippen LogP contribution in [-0.2, 0) is 28.1 Å². The van der Waals surface area contributed by atoms with E-state index in [1.807, 2.05) is 30.3 Å². The van der Waals surface area contributed by atoms with Gasteiger partial charge in [-0.15, -0.1) is 0 Å². The molecular weight excluding hydrogens is 355 g/mol. The first kappa shape index (κ1) is 19.4. The van der Waals surface area contributed by atoms with Crippen molar-refractivity contribution in [3.05, 3.63) is 71.3 Å². The van der Waals surface area contributed by atoms with E-state index < -0.39 is 18.2 Å². The standard InChI is InChI=1S/C21H22F3NO2/c22-21(23,24)15-27-14-17-9-7-16(8-10-17)13-25-19(26)20(11-4-12-20)18-5-2-1-3-6-18/h1-3,5-10H,4,11-15H2,(H,25,26). The summed E-state index contributed by atoms with van der Waals surface area (Å²) < 4.78 is 40.9. The lowest BCUT2D eigenvalue weighted by Gasteiger charge is -2.40. The number of nitrogens with one attached hydrogen (secondary N) is 1. The quantitative estimate of drug-likeness (QED) is 0.771. The van der Waals surface area contributed by atoms with Crippen molar-refractivity contribution in [1.82, 2.24) is 5.32 Å². The van der Waals surface area contributed by atoms with Gasteiger partial charge in [0.2, 0.25) is 5.91 Å². The lowest BCUT2D eigenvalue weighted by molar-refractivity contribution is -0.176. The smallest absolute Gasteiger partial charge is 0.367 e. The van der Waals surface area contributed by atoms with Crippen molar-refractivity contribution in [1.29, 1.82) is 0 Å². The van der Waals surface area contributed by atoms with E-state index in [1.54, 1.807) is 24.3 Å². The number of carbonyl (C=O) groups excluding carboxylic acids is 1. The Morgan fingerprint density at radius 1 is 1.00 bits per heavy atom. The summed E-state index contributed by atoms with van der Waals surface area (Å²) in [5, 5.41) is 3.00. The molecule has 0 saturated heterocycles. The van der Waals surface area contributed by atoms with E-state index in [0.717, 1.165) is 30.4 Å². The molecule has 1 saturated carbocycles. The van der Waals surface area contributed by atoms with Crippen LogP contribution >= 0.6 is 0 Å². The molecule has 3 nitrogen and oxygen atoms in total. The Balaban J connectivity index is 1.53. The summed E-state index contributed by atoms with van der Waals surface area (Å²) in [5.41, 5.74) is 2.16. The maximum absolute atomic E-state index is 12.8. The van der Waals surface area contributed by atoms with E-state index in [2.05, 4.69) is 10.1 Å². The molecule has 27 heavy (non-hydrogen) atoms. The maximum atomic E-state index is 12.8. The van der Waals surface area contributed by atoms with Crippen molar-refractivity contribution in [3.8, 4) is 0 Å². The third kappa shape index (κ3) is 4.89. The summed E-state index contributed by atoms with van der Waals surface area (Å²) in [6, 6.07) is 16.8. The third-order valence-electron chi connectivity index (χ3n) is 4.98. The molecule has 0 aliphatic heterocycles.